The van der Waals surface area contributed by atoms with Crippen molar-refractivity contribution in [1.82, 2.24) is 20.1 Å². The Morgan fingerprint density at radius 2 is 2.08 bits per heavy atom. The summed E-state index contributed by atoms with van der Waals surface area (Å²) in [4.78, 5) is 25.8. The highest BCUT2D eigenvalue weighted by Gasteiger charge is 2.60. The number of rotatable bonds is 8. The Morgan fingerprint density at radius 1 is 1.33 bits per heavy atom. The minimum absolute atomic E-state index is 0.0180. The molecule has 2 aromatic heterocycles. The van der Waals surface area contributed by atoms with E-state index >= 15 is 0 Å². The molecular formula is C24H22FN5O5S. The van der Waals surface area contributed by atoms with Crippen molar-refractivity contribution in [1.29, 1.82) is 5.26 Å². The molecule has 0 atom stereocenters. The predicted molar refractivity (Wildman–Crippen MR) is 126 cm³/mol. The maximum atomic E-state index is 13.8. The molecule has 186 valence electrons. The monoisotopic (exact) mass is 511 g/mol. The van der Waals surface area contributed by atoms with Crippen molar-refractivity contribution in [3.63, 3.8) is 0 Å². The van der Waals surface area contributed by atoms with Crippen molar-refractivity contribution < 1.29 is 22.3 Å². The lowest BCUT2D eigenvalue weighted by atomic mass is 10.1. The second-order valence-corrected chi connectivity index (χ2v) is 11.8. The fourth-order valence-electron chi connectivity index (χ4n) is 4.20. The number of halogens is 1. The molecule has 0 aliphatic heterocycles. The van der Waals surface area contributed by atoms with Crippen LogP contribution in [0.2, 0.25) is 0 Å². The molecule has 2 aliphatic carbocycles. The lowest BCUT2D eigenvalue weighted by molar-refractivity contribution is 0.0949. The van der Waals surface area contributed by atoms with Gasteiger partial charge in [0.05, 0.1) is 17.0 Å². The molecule has 3 aromatic rings. The van der Waals surface area contributed by atoms with Crippen LogP contribution in [0.15, 0.2) is 35.3 Å². The summed E-state index contributed by atoms with van der Waals surface area (Å²) in [6, 6.07) is 7.06. The standard InChI is InChI=1S/C24H22FN5O5S/c1-30-20-16(12-28-29-22(20)35-13-24(6-7-24)36(33,34)17-4-5-17)9-18(23(30)32)21(31)27-11-14-2-3-15(10-26)19(25)8-14/h2-3,8-9,12,17H,4-7,11,13H2,1H3,(H,27,31). The zero-order chi connectivity index (χ0) is 25.7. The van der Waals surface area contributed by atoms with Gasteiger partial charge in [-0.15, -0.1) is 5.10 Å². The van der Waals surface area contributed by atoms with Gasteiger partial charge in [0.25, 0.3) is 17.3 Å². The summed E-state index contributed by atoms with van der Waals surface area (Å²) in [5, 5.41) is 19.4. The molecule has 12 heteroatoms. The van der Waals surface area contributed by atoms with Gasteiger partial charge in [-0.3, -0.25) is 9.59 Å². The molecule has 0 radical (unpaired) electrons. The number of amides is 1. The van der Waals surface area contributed by atoms with Gasteiger partial charge in [0, 0.05) is 19.0 Å². The lowest BCUT2D eigenvalue weighted by Gasteiger charge is -2.17. The first-order valence-corrected chi connectivity index (χ1v) is 12.9. The van der Waals surface area contributed by atoms with E-state index in [4.69, 9.17) is 10.00 Å². The fraction of sp³-hybridized carbons (Fsp3) is 0.375. The molecule has 36 heavy (non-hydrogen) atoms. The molecule has 2 saturated carbocycles. The zero-order valence-corrected chi connectivity index (χ0v) is 20.1. The van der Waals surface area contributed by atoms with Crippen LogP contribution in [0.5, 0.6) is 5.88 Å². The van der Waals surface area contributed by atoms with Crippen LogP contribution in [0.4, 0.5) is 4.39 Å². The summed E-state index contributed by atoms with van der Waals surface area (Å²) in [6.45, 7) is -0.125. The van der Waals surface area contributed by atoms with Crippen molar-refractivity contribution in [3.8, 4) is 11.9 Å². The Bertz CT molecular complexity index is 1600. The van der Waals surface area contributed by atoms with Crippen LogP contribution in [-0.4, -0.2) is 45.7 Å². The second kappa shape index (κ2) is 8.67. The Morgan fingerprint density at radius 3 is 2.72 bits per heavy atom. The minimum Gasteiger partial charge on any atom is -0.473 e. The average molecular weight is 512 g/mol. The highest BCUT2D eigenvalue weighted by molar-refractivity contribution is 7.94. The highest BCUT2D eigenvalue weighted by Crippen LogP contribution is 2.50. The number of carbonyl (C=O) groups is 1. The number of benzene rings is 1. The quantitative estimate of drug-likeness (QED) is 0.482. The molecule has 0 unspecified atom stereocenters. The number of hydrogen-bond acceptors (Lipinski definition) is 8. The van der Waals surface area contributed by atoms with Crippen molar-refractivity contribution >= 4 is 26.6 Å². The van der Waals surface area contributed by atoms with Crippen LogP contribution < -0.4 is 15.6 Å². The first-order chi connectivity index (χ1) is 17.2. The van der Waals surface area contributed by atoms with Crippen molar-refractivity contribution in [2.45, 2.75) is 42.2 Å². The number of nitrogens with one attached hydrogen (secondary N) is 1. The topological polar surface area (TPSA) is 144 Å². The molecule has 5 rings (SSSR count). The molecule has 1 aromatic carbocycles. The average Bonchev–Trinajstić information content (AvgIpc) is 3.77. The first-order valence-electron chi connectivity index (χ1n) is 11.4. The van der Waals surface area contributed by atoms with Crippen molar-refractivity contribution in [2.24, 2.45) is 7.05 Å². The van der Waals surface area contributed by atoms with Crippen LogP contribution >= 0.6 is 0 Å². The molecule has 10 nitrogen and oxygen atoms in total. The Kier molecular flexibility index (Phi) is 5.75. The van der Waals surface area contributed by atoms with E-state index < -0.39 is 31.9 Å². The van der Waals surface area contributed by atoms with E-state index in [0.717, 1.165) is 6.07 Å². The first kappa shape index (κ1) is 23.9. The van der Waals surface area contributed by atoms with E-state index in [9.17, 15) is 22.4 Å². The smallest absolute Gasteiger partial charge is 0.263 e. The van der Waals surface area contributed by atoms with Crippen LogP contribution in [0, 0.1) is 17.1 Å². The summed E-state index contributed by atoms with van der Waals surface area (Å²) < 4.78 is 45.5. The third-order valence-electron chi connectivity index (χ3n) is 6.69. The largest absolute Gasteiger partial charge is 0.473 e. The minimum atomic E-state index is -3.28. The van der Waals surface area contributed by atoms with Gasteiger partial charge in [0.2, 0.25) is 0 Å². The van der Waals surface area contributed by atoms with Gasteiger partial charge in [-0.1, -0.05) is 6.07 Å². The molecule has 1 N–H and O–H groups in total. The number of fused-ring (bicyclic) bond motifs is 1. The number of ether oxygens (including phenoxy) is 1. The summed E-state index contributed by atoms with van der Waals surface area (Å²) in [5.41, 5.74) is -0.163. The highest BCUT2D eigenvalue weighted by atomic mass is 32.2. The van der Waals surface area contributed by atoms with Gasteiger partial charge in [0.1, 0.15) is 34.3 Å². The molecule has 0 saturated heterocycles. The van der Waals surface area contributed by atoms with E-state index in [2.05, 4.69) is 15.5 Å². The number of pyridine rings is 1. The number of nitrogens with zero attached hydrogens (tertiary/aromatic N) is 4. The Hall–Kier alpha value is -3.85. The zero-order valence-electron chi connectivity index (χ0n) is 19.3. The Balaban J connectivity index is 1.37. The second-order valence-electron chi connectivity index (χ2n) is 9.20. The summed E-state index contributed by atoms with van der Waals surface area (Å²) in [7, 11) is -1.83. The number of nitriles is 1. The summed E-state index contributed by atoms with van der Waals surface area (Å²) in [5.74, 6) is -1.35. The van der Waals surface area contributed by atoms with Crippen molar-refractivity contribution in [2.75, 3.05) is 6.61 Å². The van der Waals surface area contributed by atoms with E-state index in [1.54, 1.807) is 6.07 Å². The number of aromatic nitrogens is 3. The third-order valence-corrected chi connectivity index (χ3v) is 9.77. The molecule has 2 aliphatic rings. The molecule has 2 heterocycles. The van der Waals surface area contributed by atoms with Gasteiger partial charge in [-0.25, -0.2) is 12.8 Å². The van der Waals surface area contributed by atoms with E-state index in [1.165, 1.54) is 36.0 Å². The predicted octanol–water partition coefficient (Wildman–Crippen LogP) is 1.76. The number of aryl methyl sites for hydroxylation is 1. The van der Waals surface area contributed by atoms with E-state index in [1.807, 2.05) is 0 Å². The van der Waals surface area contributed by atoms with Gasteiger partial charge in [-0.05, 0) is 49.4 Å². The molecule has 0 spiro atoms. The summed E-state index contributed by atoms with van der Waals surface area (Å²) >= 11 is 0. The van der Waals surface area contributed by atoms with Crippen LogP contribution in [0.1, 0.15) is 47.2 Å². The number of hydrogen-bond donors (Lipinski definition) is 1. The van der Waals surface area contributed by atoms with Gasteiger partial charge in [0.15, 0.2) is 9.84 Å². The Labute approximate surface area is 205 Å². The SMILES string of the molecule is Cn1c(=O)c(C(=O)NCc2ccc(C#N)c(F)c2)cc2cnnc(OCC3(S(=O)(=O)C4CC4)CC3)c21. The molecule has 0 bridgehead atoms. The fourth-order valence-corrected chi connectivity index (χ4v) is 6.55. The number of sulfone groups is 1. The maximum Gasteiger partial charge on any atom is 0.263 e. The van der Waals surface area contributed by atoms with E-state index in [-0.39, 0.29) is 35.4 Å². The summed E-state index contributed by atoms with van der Waals surface area (Å²) in [6.07, 6.45) is 3.78. The van der Waals surface area contributed by atoms with Crippen LogP contribution in [0.25, 0.3) is 10.9 Å². The van der Waals surface area contributed by atoms with E-state index in [0.29, 0.717) is 42.1 Å². The third kappa shape index (κ3) is 4.09. The van der Waals surface area contributed by atoms with Gasteiger partial charge < -0.3 is 14.6 Å². The van der Waals surface area contributed by atoms with Crippen LogP contribution in [0.3, 0.4) is 0 Å². The number of carbonyl (C=O) groups excluding carboxylic acids is 1. The molecule has 1 amide bonds. The normalized spacial score (nSPS) is 16.4. The van der Waals surface area contributed by atoms with Gasteiger partial charge in [-0.2, -0.15) is 10.4 Å². The lowest BCUT2D eigenvalue weighted by Crippen LogP contribution is -2.34. The van der Waals surface area contributed by atoms with Crippen molar-refractivity contribution in [3.05, 3.63) is 63.3 Å². The van der Waals surface area contributed by atoms with Crippen LogP contribution in [-0.2, 0) is 23.4 Å². The van der Waals surface area contributed by atoms with Gasteiger partial charge >= 0.3 is 0 Å². The molecule has 2 fully saturated rings. The molecular weight excluding hydrogens is 489 g/mol. The maximum absolute atomic E-state index is 13.8.